The molecule has 0 radical (unpaired) electrons. The highest BCUT2D eigenvalue weighted by Gasteiger charge is 2.14. The minimum absolute atomic E-state index is 0.0387. The zero-order valence-electron chi connectivity index (χ0n) is 10.5. The molecule has 4 nitrogen and oxygen atoms in total. The van der Waals surface area contributed by atoms with Crippen LogP contribution in [0.1, 0.15) is 50.4 Å². The highest BCUT2D eigenvalue weighted by Crippen LogP contribution is 2.16. The first kappa shape index (κ1) is 12.9. The maximum atomic E-state index is 11.8. The van der Waals surface area contributed by atoms with Gasteiger partial charge in [-0.2, -0.15) is 0 Å². The second kappa shape index (κ2) is 5.80. The van der Waals surface area contributed by atoms with E-state index in [9.17, 15) is 4.79 Å². The number of H-pyrrole nitrogens is 1. The van der Waals surface area contributed by atoms with Crippen LogP contribution >= 0.6 is 0 Å². The van der Waals surface area contributed by atoms with E-state index in [0.29, 0.717) is 18.9 Å². The molecule has 1 aromatic rings. The van der Waals surface area contributed by atoms with Crippen molar-refractivity contribution in [3.05, 3.63) is 27.4 Å². The van der Waals surface area contributed by atoms with E-state index in [0.717, 1.165) is 17.7 Å². The highest BCUT2D eigenvalue weighted by molar-refractivity contribution is 5.16. The number of nitrogens with one attached hydrogen (secondary N) is 1. The standard InChI is InChI=1S/C12H20N2O2/c1-5-9-8(4)13-11(14-12(9)15)10(6-2)16-7-3/h10H,5-7H2,1-4H3,(H,13,14,15). The van der Waals surface area contributed by atoms with E-state index < -0.39 is 0 Å². The number of aryl methyl sites for hydroxylation is 1. The predicted molar refractivity (Wildman–Crippen MR) is 63.6 cm³/mol. The summed E-state index contributed by atoms with van der Waals surface area (Å²) in [7, 11) is 0. The number of hydrogen-bond donors (Lipinski definition) is 1. The zero-order valence-corrected chi connectivity index (χ0v) is 10.5. The van der Waals surface area contributed by atoms with Gasteiger partial charge >= 0.3 is 0 Å². The van der Waals surface area contributed by atoms with Crippen LogP contribution in [-0.2, 0) is 11.2 Å². The van der Waals surface area contributed by atoms with E-state index >= 15 is 0 Å². The maximum absolute atomic E-state index is 11.8. The van der Waals surface area contributed by atoms with Crippen LogP contribution in [0.4, 0.5) is 0 Å². The SMILES string of the molecule is CCOC(CC)c1nc(C)c(CC)c(=O)[nH]1. The Kier molecular flexibility index (Phi) is 4.68. The van der Waals surface area contributed by atoms with Crippen molar-refractivity contribution in [2.45, 2.75) is 46.6 Å². The van der Waals surface area contributed by atoms with Gasteiger partial charge in [0.1, 0.15) is 11.9 Å². The summed E-state index contributed by atoms with van der Waals surface area (Å²) in [6, 6.07) is 0. The van der Waals surface area contributed by atoms with E-state index in [2.05, 4.69) is 9.97 Å². The molecule has 0 aromatic carbocycles. The lowest BCUT2D eigenvalue weighted by Crippen LogP contribution is -2.21. The molecule has 0 aliphatic heterocycles. The number of ether oxygens (including phenoxy) is 1. The van der Waals surface area contributed by atoms with Gasteiger partial charge in [0.05, 0.1) is 0 Å². The Balaban J connectivity index is 3.11. The van der Waals surface area contributed by atoms with Crippen molar-refractivity contribution in [2.75, 3.05) is 6.61 Å². The average molecular weight is 224 g/mol. The molecule has 1 rings (SSSR count). The predicted octanol–water partition coefficient (Wildman–Crippen LogP) is 2.13. The molecule has 0 aliphatic rings. The van der Waals surface area contributed by atoms with Crippen molar-refractivity contribution in [2.24, 2.45) is 0 Å². The van der Waals surface area contributed by atoms with Crippen LogP contribution in [0.5, 0.6) is 0 Å². The van der Waals surface area contributed by atoms with E-state index in [1.54, 1.807) is 0 Å². The summed E-state index contributed by atoms with van der Waals surface area (Å²) in [6.45, 7) is 8.41. The van der Waals surface area contributed by atoms with Crippen molar-refractivity contribution < 1.29 is 4.74 Å². The summed E-state index contributed by atoms with van der Waals surface area (Å²) in [6.07, 6.45) is 1.41. The smallest absolute Gasteiger partial charge is 0.254 e. The molecule has 1 N–H and O–H groups in total. The summed E-state index contributed by atoms with van der Waals surface area (Å²) < 4.78 is 5.53. The van der Waals surface area contributed by atoms with Gasteiger partial charge in [-0.15, -0.1) is 0 Å². The lowest BCUT2D eigenvalue weighted by Gasteiger charge is -2.15. The summed E-state index contributed by atoms with van der Waals surface area (Å²) in [4.78, 5) is 19.0. The third kappa shape index (κ3) is 2.70. The van der Waals surface area contributed by atoms with Gasteiger partial charge in [-0.3, -0.25) is 4.79 Å². The van der Waals surface area contributed by atoms with Crippen molar-refractivity contribution >= 4 is 0 Å². The lowest BCUT2D eigenvalue weighted by atomic mass is 10.1. The summed E-state index contributed by atoms with van der Waals surface area (Å²) in [5.41, 5.74) is 1.53. The fraction of sp³-hybridized carbons (Fsp3) is 0.667. The van der Waals surface area contributed by atoms with Gasteiger partial charge < -0.3 is 9.72 Å². The molecular formula is C12H20N2O2. The number of rotatable bonds is 5. The first-order chi connectivity index (χ1) is 7.63. The van der Waals surface area contributed by atoms with Crippen molar-refractivity contribution in [3.63, 3.8) is 0 Å². The largest absolute Gasteiger partial charge is 0.371 e. The van der Waals surface area contributed by atoms with Crippen molar-refractivity contribution in [1.29, 1.82) is 0 Å². The number of aromatic nitrogens is 2. The molecule has 0 spiro atoms. The molecule has 0 saturated heterocycles. The zero-order chi connectivity index (χ0) is 12.1. The molecule has 4 heteroatoms. The Labute approximate surface area is 96.1 Å². The molecule has 0 bridgehead atoms. The molecule has 1 atom stereocenters. The highest BCUT2D eigenvalue weighted by atomic mass is 16.5. The van der Waals surface area contributed by atoms with Crippen LogP contribution in [0.3, 0.4) is 0 Å². The molecule has 1 unspecified atom stereocenters. The van der Waals surface area contributed by atoms with Gasteiger partial charge in [0.15, 0.2) is 0 Å². The Morgan fingerprint density at radius 1 is 1.38 bits per heavy atom. The fourth-order valence-electron chi connectivity index (χ4n) is 1.79. The first-order valence-corrected chi connectivity index (χ1v) is 5.85. The van der Waals surface area contributed by atoms with Gasteiger partial charge in [-0.25, -0.2) is 4.98 Å². The van der Waals surface area contributed by atoms with Gasteiger partial charge in [-0.1, -0.05) is 13.8 Å². The fourth-order valence-corrected chi connectivity index (χ4v) is 1.79. The molecule has 0 saturated carbocycles. The number of hydrogen-bond acceptors (Lipinski definition) is 3. The van der Waals surface area contributed by atoms with Gasteiger partial charge in [0.25, 0.3) is 5.56 Å². The van der Waals surface area contributed by atoms with E-state index in [-0.39, 0.29) is 11.7 Å². The molecule has 16 heavy (non-hydrogen) atoms. The van der Waals surface area contributed by atoms with Crippen LogP contribution in [0.25, 0.3) is 0 Å². The molecule has 90 valence electrons. The second-order valence-electron chi connectivity index (χ2n) is 3.72. The normalized spacial score (nSPS) is 12.8. The molecular weight excluding hydrogens is 204 g/mol. The summed E-state index contributed by atoms with van der Waals surface area (Å²) >= 11 is 0. The summed E-state index contributed by atoms with van der Waals surface area (Å²) in [5, 5.41) is 0. The van der Waals surface area contributed by atoms with E-state index in [4.69, 9.17) is 4.74 Å². The molecule has 0 fully saturated rings. The number of aromatic amines is 1. The Morgan fingerprint density at radius 2 is 2.06 bits per heavy atom. The topological polar surface area (TPSA) is 55.0 Å². The molecule has 1 aromatic heterocycles. The third-order valence-electron chi connectivity index (χ3n) is 2.64. The van der Waals surface area contributed by atoms with E-state index in [1.807, 2.05) is 27.7 Å². The van der Waals surface area contributed by atoms with Gasteiger partial charge in [-0.05, 0) is 26.7 Å². The monoisotopic (exact) mass is 224 g/mol. The second-order valence-corrected chi connectivity index (χ2v) is 3.72. The first-order valence-electron chi connectivity index (χ1n) is 5.85. The third-order valence-corrected chi connectivity index (χ3v) is 2.64. The van der Waals surface area contributed by atoms with Crippen LogP contribution < -0.4 is 5.56 Å². The van der Waals surface area contributed by atoms with Gasteiger partial charge in [0, 0.05) is 17.9 Å². The van der Waals surface area contributed by atoms with Crippen LogP contribution in [0.2, 0.25) is 0 Å². The lowest BCUT2D eigenvalue weighted by molar-refractivity contribution is 0.0531. The maximum Gasteiger partial charge on any atom is 0.254 e. The van der Waals surface area contributed by atoms with E-state index in [1.165, 1.54) is 0 Å². The average Bonchev–Trinajstić information content (AvgIpc) is 2.25. The Morgan fingerprint density at radius 3 is 2.50 bits per heavy atom. The minimum Gasteiger partial charge on any atom is -0.371 e. The van der Waals surface area contributed by atoms with Crippen molar-refractivity contribution in [3.8, 4) is 0 Å². The summed E-state index contributed by atoms with van der Waals surface area (Å²) in [5.74, 6) is 0.643. The Bertz CT molecular complexity index is 398. The van der Waals surface area contributed by atoms with Crippen LogP contribution in [0.15, 0.2) is 4.79 Å². The minimum atomic E-state index is -0.109. The van der Waals surface area contributed by atoms with Gasteiger partial charge in [0.2, 0.25) is 0 Å². The number of nitrogens with zero attached hydrogens (tertiary/aromatic N) is 1. The quantitative estimate of drug-likeness (QED) is 0.833. The van der Waals surface area contributed by atoms with Crippen LogP contribution in [-0.4, -0.2) is 16.6 Å². The molecule has 0 amide bonds. The molecule has 0 aliphatic carbocycles. The Hall–Kier alpha value is -1.16. The van der Waals surface area contributed by atoms with Crippen molar-refractivity contribution in [1.82, 2.24) is 9.97 Å². The molecule has 1 heterocycles. The van der Waals surface area contributed by atoms with Crippen LogP contribution in [0, 0.1) is 6.92 Å².